The lowest BCUT2D eigenvalue weighted by molar-refractivity contribution is 0.104. The predicted molar refractivity (Wildman–Crippen MR) is 75.6 cm³/mol. The quantitative estimate of drug-likeness (QED) is 0.870. The maximum absolute atomic E-state index is 3.65. The van der Waals surface area contributed by atoms with Crippen LogP contribution in [0.5, 0.6) is 0 Å². The molecule has 2 unspecified atom stereocenters. The summed E-state index contributed by atoms with van der Waals surface area (Å²) in [5, 5.41) is 8.10. The van der Waals surface area contributed by atoms with Crippen molar-refractivity contribution in [3.8, 4) is 0 Å². The molecule has 1 aliphatic rings. The molecule has 2 nitrogen and oxygen atoms in total. The topological polar surface area (TPSA) is 15.3 Å². The van der Waals surface area contributed by atoms with Gasteiger partial charge < -0.3 is 5.32 Å². The van der Waals surface area contributed by atoms with Gasteiger partial charge in [0, 0.05) is 31.7 Å². The van der Waals surface area contributed by atoms with Crippen LogP contribution in [0.25, 0.3) is 0 Å². The third kappa shape index (κ3) is 3.09. The molecule has 0 aliphatic carbocycles. The van der Waals surface area contributed by atoms with Gasteiger partial charge in [-0.25, -0.2) is 0 Å². The first-order valence-corrected chi connectivity index (χ1v) is 7.42. The van der Waals surface area contributed by atoms with Crippen molar-refractivity contribution in [3.63, 3.8) is 0 Å². The van der Waals surface area contributed by atoms with Crippen molar-refractivity contribution < 1.29 is 0 Å². The van der Waals surface area contributed by atoms with Crippen LogP contribution in [0.15, 0.2) is 16.8 Å². The number of rotatable bonds is 2. The standard InChI is InChI=1S/C14H24N2S/c1-11(12-5-8-17-10-12)16-7-6-15-13(9-16)14(2,3)4/h5,8,10-11,13,15H,6-7,9H2,1-4H3. The molecule has 1 N–H and O–H groups in total. The number of nitrogens with one attached hydrogen (secondary N) is 1. The lowest BCUT2D eigenvalue weighted by Crippen LogP contribution is -2.56. The van der Waals surface area contributed by atoms with Gasteiger partial charge in [-0.15, -0.1) is 0 Å². The van der Waals surface area contributed by atoms with E-state index in [1.165, 1.54) is 5.56 Å². The second kappa shape index (κ2) is 5.09. The van der Waals surface area contributed by atoms with Gasteiger partial charge in [-0.05, 0) is 34.7 Å². The van der Waals surface area contributed by atoms with E-state index < -0.39 is 0 Å². The Morgan fingerprint density at radius 3 is 2.82 bits per heavy atom. The van der Waals surface area contributed by atoms with Crippen LogP contribution in [-0.4, -0.2) is 30.6 Å². The summed E-state index contributed by atoms with van der Waals surface area (Å²) in [5.74, 6) is 0. The molecular weight excluding hydrogens is 228 g/mol. The van der Waals surface area contributed by atoms with Crippen LogP contribution in [0.3, 0.4) is 0 Å². The van der Waals surface area contributed by atoms with Gasteiger partial charge in [0.2, 0.25) is 0 Å². The molecule has 2 rings (SSSR count). The van der Waals surface area contributed by atoms with Crippen LogP contribution < -0.4 is 5.32 Å². The zero-order valence-corrected chi connectivity index (χ0v) is 12.2. The fraction of sp³-hybridized carbons (Fsp3) is 0.714. The average molecular weight is 252 g/mol. The van der Waals surface area contributed by atoms with E-state index in [1.807, 2.05) is 0 Å². The number of thiophene rings is 1. The highest BCUT2D eigenvalue weighted by Crippen LogP contribution is 2.27. The van der Waals surface area contributed by atoms with Gasteiger partial charge in [0.25, 0.3) is 0 Å². The number of nitrogens with zero attached hydrogens (tertiary/aromatic N) is 1. The first-order chi connectivity index (χ1) is 7.98. The minimum absolute atomic E-state index is 0.340. The minimum atomic E-state index is 0.340. The molecule has 0 saturated carbocycles. The molecule has 0 radical (unpaired) electrons. The van der Waals surface area contributed by atoms with Gasteiger partial charge in [-0.2, -0.15) is 11.3 Å². The Balaban J connectivity index is 2.02. The largest absolute Gasteiger partial charge is 0.311 e. The van der Waals surface area contributed by atoms with Crippen LogP contribution >= 0.6 is 11.3 Å². The molecule has 1 aromatic heterocycles. The zero-order valence-electron chi connectivity index (χ0n) is 11.4. The highest BCUT2D eigenvalue weighted by Gasteiger charge is 2.31. The van der Waals surface area contributed by atoms with Crippen LogP contribution in [-0.2, 0) is 0 Å². The SMILES string of the molecule is CC(c1ccsc1)N1CCNC(C(C)(C)C)C1. The number of hydrogen-bond acceptors (Lipinski definition) is 3. The smallest absolute Gasteiger partial charge is 0.0329 e. The van der Waals surface area contributed by atoms with Crippen molar-refractivity contribution in [2.24, 2.45) is 5.41 Å². The maximum atomic E-state index is 3.65. The Bertz CT molecular complexity index is 340. The van der Waals surface area contributed by atoms with Crippen molar-refractivity contribution in [1.29, 1.82) is 0 Å². The van der Waals surface area contributed by atoms with Crippen LogP contribution in [0, 0.1) is 5.41 Å². The molecule has 1 aromatic rings. The Morgan fingerprint density at radius 2 is 2.24 bits per heavy atom. The first-order valence-electron chi connectivity index (χ1n) is 6.48. The summed E-state index contributed by atoms with van der Waals surface area (Å²) in [5.41, 5.74) is 1.80. The summed E-state index contributed by atoms with van der Waals surface area (Å²) in [7, 11) is 0. The van der Waals surface area contributed by atoms with Crippen LogP contribution in [0.4, 0.5) is 0 Å². The first kappa shape index (κ1) is 13.1. The molecule has 0 amide bonds. The van der Waals surface area contributed by atoms with Crippen molar-refractivity contribution in [1.82, 2.24) is 10.2 Å². The lowest BCUT2D eigenvalue weighted by atomic mass is 9.85. The summed E-state index contributed by atoms with van der Waals surface area (Å²) in [4.78, 5) is 2.61. The third-order valence-electron chi connectivity index (χ3n) is 3.83. The van der Waals surface area contributed by atoms with E-state index in [1.54, 1.807) is 11.3 Å². The van der Waals surface area contributed by atoms with Crippen molar-refractivity contribution in [2.45, 2.75) is 39.8 Å². The highest BCUT2D eigenvalue weighted by atomic mass is 32.1. The van der Waals surface area contributed by atoms with Gasteiger partial charge in [0.1, 0.15) is 0 Å². The molecule has 17 heavy (non-hydrogen) atoms. The molecule has 1 fully saturated rings. The van der Waals surface area contributed by atoms with Gasteiger partial charge in [-0.1, -0.05) is 20.8 Å². The van der Waals surface area contributed by atoms with Gasteiger partial charge >= 0.3 is 0 Å². The molecule has 3 heteroatoms. The summed E-state index contributed by atoms with van der Waals surface area (Å²) >= 11 is 1.80. The average Bonchev–Trinajstić information content (AvgIpc) is 2.80. The van der Waals surface area contributed by atoms with E-state index in [2.05, 4.69) is 54.7 Å². The summed E-state index contributed by atoms with van der Waals surface area (Å²) in [6.45, 7) is 12.7. The Hall–Kier alpha value is -0.380. The van der Waals surface area contributed by atoms with E-state index in [0.717, 1.165) is 19.6 Å². The summed E-state index contributed by atoms with van der Waals surface area (Å²) in [6, 6.07) is 3.40. The van der Waals surface area contributed by atoms with E-state index in [0.29, 0.717) is 17.5 Å². The molecule has 1 aliphatic heterocycles. The highest BCUT2D eigenvalue weighted by molar-refractivity contribution is 7.07. The fourth-order valence-corrected chi connectivity index (χ4v) is 3.17. The second-order valence-electron chi connectivity index (χ2n) is 6.10. The maximum Gasteiger partial charge on any atom is 0.0329 e. The van der Waals surface area contributed by atoms with E-state index in [9.17, 15) is 0 Å². The zero-order chi connectivity index (χ0) is 12.5. The van der Waals surface area contributed by atoms with Crippen molar-refractivity contribution in [3.05, 3.63) is 22.4 Å². The Labute approximate surface area is 109 Å². The Kier molecular flexibility index (Phi) is 3.91. The molecular formula is C14H24N2S. The monoisotopic (exact) mass is 252 g/mol. The number of hydrogen-bond donors (Lipinski definition) is 1. The molecule has 2 atom stereocenters. The molecule has 0 spiro atoms. The number of piperazine rings is 1. The van der Waals surface area contributed by atoms with Gasteiger partial charge in [0.05, 0.1) is 0 Å². The molecule has 0 aromatic carbocycles. The predicted octanol–water partition coefficient (Wildman–Crippen LogP) is 3.13. The van der Waals surface area contributed by atoms with Crippen molar-refractivity contribution in [2.75, 3.05) is 19.6 Å². The van der Waals surface area contributed by atoms with Gasteiger partial charge in [-0.3, -0.25) is 4.90 Å². The molecule has 2 heterocycles. The lowest BCUT2D eigenvalue weighted by Gasteiger charge is -2.42. The van der Waals surface area contributed by atoms with Crippen LogP contribution in [0.1, 0.15) is 39.3 Å². The third-order valence-corrected chi connectivity index (χ3v) is 4.53. The normalized spacial score (nSPS) is 24.8. The summed E-state index contributed by atoms with van der Waals surface area (Å²) in [6.07, 6.45) is 0. The molecule has 96 valence electrons. The second-order valence-corrected chi connectivity index (χ2v) is 6.88. The minimum Gasteiger partial charge on any atom is -0.311 e. The van der Waals surface area contributed by atoms with E-state index in [-0.39, 0.29) is 0 Å². The molecule has 1 saturated heterocycles. The van der Waals surface area contributed by atoms with E-state index >= 15 is 0 Å². The van der Waals surface area contributed by atoms with E-state index in [4.69, 9.17) is 0 Å². The van der Waals surface area contributed by atoms with Crippen molar-refractivity contribution >= 4 is 11.3 Å². The molecule has 0 bridgehead atoms. The van der Waals surface area contributed by atoms with Crippen LogP contribution in [0.2, 0.25) is 0 Å². The fourth-order valence-electron chi connectivity index (χ4n) is 2.43. The summed E-state index contributed by atoms with van der Waals surface area (Å²) < 4.78 is 0. The van der Waals surface area contributed by atoms with Gasteiger partial charge in [0.15, 0.2) is 0 Å². The Morgan fingerprint density at radius 1 is 1.47 bits per heavy atom.